The van der Waals surface area contributed by atoms with Crippen LogP contribution >= 0.6 is 11.6 Å². The number of hydrogen-bond acceptors (Lipinski definition) is 3. The number of halogens is 1. The molecule has 1 amide bonds. The normalized spacial score (nSPS) is 10.6. The lowest BCUT2D eigenvalue weighted by Crippen LogP contribution is -2.14. The van der Waals surface area contributed by atoms with E-state index in [2.05, 4.69) is 11.2 Å². The van der Waals surface area contributed by atoms with Gasteiger partial charge < -0.3 is 10.1 Å². The van der Waals surface area contributed by atoms with Crippen molar-refractivity contribution in [2.75, 3.05) is 11.9 Å². The molecule has 0 bridgehead atoms. The van der Waals surface area contributed by atoms with Crippen LogP contribution in [0.15, 0.2) is 42.0 Å². The molecule has 0 aliphatic rings. The largest absolute Gasteiger partial charge is 0.479 e. The summed E-state index contributed by atoms with van der Waals surface area (Å²) in [5.74, 6) is 2.32. The van der Waals surface area contributed by atoms with Crippen LogP contribution in [0.3, 0.4) is 0 Å². The smallest absolute Gasteiger partial charge is 0.266 e. The fraction of sp³-hybridized carbons (Fsp3) is 0.143. The second-order valence-corrected chi connectivity index (χ2v) is 6.03. The monoisotopic (exact) mass is 364 g/mol. The fourth-order valence-electron chi connectivity index (χ4n) is 2.30. The number of anilines is 1. The maximum atomic E-state index is 12.4. The summed E-state index contributed by atoms with van der Waals surface area (Å²) in [6.45, 7) is 3.98. The maximum Gasteiger partial charge on any atom is 0.266 e. The van der Waals surface area contributed by atoms with E-state index in [1.54, 1.807) is 18.2 Å². The number of terminal acetylenes is 1. The highest BCUT2D eigenvalue weighted by Gasteiger charge is 2.11. The van der Waals surface area contributed by atoms with Gasteiger partial charge in [0, 0.05) is 5.69 Å². The summed E-state index contributed by atoms with van der Waals surface area (Å²) in [7, 11) is 0. The zero-order valence-corrected chi connectivity index (χ0v) is 15.2. The van der Waals surface area contributed by atoms with Gasteiger partial charge in [0.2, 0.25) is 0 Å². The molecule has 130 valence electrons. The van der Waals surface area contributed by atoms with Crippen molar-refractivity contribution in [2.24, 2.45) is 0 Å². The van der Waals surface area contributed by atoms with Crippen LogP contribution in [0.2, 0.25) is 5.02 Å². The van der Waals surface area contributed by atoms with Crippen molar-refractivity contribution in [2.45, 2.75) is 13.8 Å². The van der Waals surface area contributed by atoms with Crippen molar-refractivity contribution in [1.82, 2.24) is 0 Å². The number of rotatable bonds is 5. The molecule has 0 aliphatic carbocycles. The van der Waals surface area contributed by atoms with E-state index in [9.17, 15) is 10.1 Å². The Kier molecular flexibility index (Phi) is 6.44. The average molecular weight is 365 g/mol. The van der Waals surface area contributed by atoms with Gasteiger partial charge in [-0.1, -0.05) is 41.3 Å². The SMILES string of the molecule is C#CCOc1ccc(/C=C(\C#N)C(=O)Nc2ccc(C)cc2C)cc1Cl. The second-order valence-electron chi connectivity index (χ2n) is 5.62. The number of hydrogen-bond donors (Lipinski definition) is 1. The number of benzene rings is 2. The topological polar surface area (TPSA) is 62.1 Å². The third-order valence-corrected chi connectivity index (χ3v) is 3.87. The van der Waals surface area contributed by atoms with Crippen LogP contribution in [0.5, 0.6) is 5.75 Å². The van der Waals surface area contributed by atoms with Crippen molar-refractivity contribution < 1.29 is 9.53 Å². The van der Waals surface area contributed by atoms with Gasteiger partial charge in [0.15, 0.2) is 0 Å². The van der Waals surface area contributed by atoms with Gasteiger partial charge in [0.1, 0.15) is 24.0 Å². The minimum atomic E-state index is -0.483. The van der Waals surface area contributed by atoms with Crippen molar-refractivity contribution >= 4 is 29.3 Å². The number of carbonyl (C=O) groups is 1. The number of nitrogens with one attached hydrogen (secondary N) is 1. The minimum absolute atomic E-state index is 0.0293. The summed E-state index contributed by atoms with van der Waals surface area (Å²) in [6.07, 6.45) is 6.62. The molecule has 5 heteroatoms. The standard InChI is InChI=1S/C21H17ClN2O2/c1-4-9-26-20-8-6-16(12-18(20)22)11-17(13-23)21(25)24-19-7-5-14(2)10-15(19)3/h1,5-8,10-12H,9H2,2-3H3,(H,24,25)/b17-11+. The molecule has 2 aromatic carbocycles. The van der Waals surface area contributed by atoms with Crippen LogP contribution in [-0.4, -0.2) is 12.5 Å². The first kappa shape index (κ1) is 19.1. The molecule has 0 radical (unpaired) electrons. The minimum Gasteiger partial charge on any atom is -0.479 e. The number of ether oxygens (including phenoxy) is 1. The van der Waals surface area contributed by atoms with E-state index in [0.29, 0.717) is 22.0 Å². The van der Waals surface area contributed by atoms with Gasteiger partial charge in [0.05, 0.1) is 5.02 Å². The molecule has 0 atom stereocenters. The Morgan fingerprint density at radius 2 is 2.08 bits per heavy atom. The van der Waals surface area contributed by atoms with Gasteiger partial charge >= 0.3 is 0 Å². The van der Waals surface area contributed by atoms with Crippen LogP contribution in [-0.2, 0) is 4.79 Å². The number of aryl methyl sites for hydroxylation is 2. The van der Waals surface area contributed by atoms with E-state index in [-0.39, 0.29) is 12.2 Å². The quantitative estimate of drug-likeness (QED) is 0.482. The van der Waals surface area contributed by atoms with Gasteiger partial charge in [-0.2, -0.15) is 5.26 Å². The zero-order chi connectivity index (χ0) is 19.1. The first-order valence-electron chi connectivity index (χ1n) is 7.81. The Hall–Kier alpha value is -3.21. The Morgan fingerprint density at radius 3 is 2.69 bits per heavy atom. The Balaban J connectivity index is 2.21. The lowest BCUT2D eigenvalue weighted by Gasteiger charge is -2.09. The number of amides is 1. The molecule has 2 aromatic rings. The lowest BCUT2D eigenvalue weighted by atomic mass is 10.1. The van der Waals surface area contributed by atoms with Gasteiger partial charge in [-0.15, -0.1) is 6.42 Å². The van der Waals surface area contributed by atoms with Crippen LogP contribution in [0, 0.1) is 37.5 Å². The Labute approximate surface area is 158 Å². The molecule has 4 nitrogen and oxygen atoms in total. The molecule has 26 heavy (non-hydrogen) atoms. The molecule has 2 rings (SSSR count). The molecule has 0 aromatic heterocycles. The number of carbonyl (C=O) groups excluding carboxylic acids is 1. The summed E-state index contributed by atoms with van der Waals surface area (Å²) in [5.41, 5.74) is 3.26. The first-order chi connectivity index (χ1) is 12.4. The van der Waals surface area contributed by atoms with Crippen molar-refractivity contribution in [1.29, 1.82) is 5.26 Å². The van der Waals surface area contributed by atoms with Crippen LogP contribution < -0.4 is 10.1 Å². The maximum absolute atomic E-state index is 12.4. The summed E-state index contributed by atoms with van der Waals surface area (Å²) < 4.78 is 5.29. The molecular weight excluding hydrogens is 348 g/mol. The highest BCUT2D eigenvalue weighted by molar-refractivity contribution is 6.32. The van der Waals surface area contributed by atoms with Gasteiger partial charge in [0.25, 0.3) is 5.91 Å². The van der Waals surface area contributed by atoms with Crippen molar-refractivity contribution in [3.63, 3.8) is 0 Å². The first-order valence-corrected chi connectivity index (χ1v) is 8.18. The summed E-state index contributed by atoms with van der Waals surface area (Å²) in [5, 5.41) is 12.4. The van der Waals surface area contributed by atoms with Crippen LogP contribution in [0.25, 0.3) is 6.08 Å². The second kappa shape index (κ2) is 8.76. The summed E-state index contributed by atoms with van der Waals surface area (Å²) in [6, 6.07) is 12.5. The molecular formula is C21H17ClN2O2. The van der Waals surface area contributed by atoms with Crippen LogP contribution in [0.4, 0.5) is 5.69 Å². The zero-order valence-electron chi connectivity index (χ0n) is 14.5. The highest BCUT2D eigenvalue weighted by atomic mass is 35.5. The van der Waals surface area contributed by atoms with Crippen molar-refractivity contribution in [3.05, 3.63) is 63.7 Å². The van der Waals surface area contributed by atoms with E-state index in [1.165, 1.54) is 6.08 Å². The Morgan fingerprint density at radius 1 is 1.31 bits per heavy atom. The van der Waals surface area contributed by atoms with Crippen molar-refractivity contribution in [3.8, 4) is 24.2 Å². The molecule has 1 N–H and O–H groups in total. The molecule has 0 saturated heterocycles. The van der Waals surface area contributed by atoms with Gasteiger partial charge in [-0.3, -0.25) is 4.79 Å². The molecule has 0 aliphatic heterocycles. The number of nitrogens with zero attached hydrogens (tertiary/aromatic N) is 1. The van der Waals surface area contributed by atoms with Gasteiger partial charge in [-0.25, -0.2) is 0 Å². The molecule has 0 saturated carbocycles. The van der Waals surface area contributed by atoms with E-state index >= 15 is 0 Å². The van der Waals surface area contributed by atoms with E-state index < -0.39 is 5.91 Å². The molecule has 0 fully saturated rings. The molecule has 0 spiro atoms. The molecule has 0 unspecified atom stereocenters. The van der Waals surface area contributed by atoms with E-state index in [1.807, 2.05) is 38.1 Å². The summed E-state index contributed by atoms with van der Waals surface area (Å²) in [4.78, 5) is 12.4. The van der Waals surface area contributed by atoms with Crippen LogP contribution in [0.1, 0.15) is 16.7 Å². The highest BCUT2D eigenvalue weighted by Crippen LogP contribution is 2.26. The number of nitriles is 1. The van der Waals surface area contributed by atoms with Gasteiger partial charge in [-0.05, 0) is 49.2 Å². The third kappa shape index (κ3) is 4.89. The summed E-state index contributed by atoms with van der Waals surface area (Å²) >= 11 is 6.13. The Bertz CT molecular complexity index is 949. The molecule has 0 heterocycles. The van der Waals surface area contributed by atoms with E-state index in [0.717, 1.165) is 11.1 Å². The third-order valence-electron chi connectivity index (χ3n) is 3.57. The average Bonchev–Trinajstić information content (AvgIpc) is 2.61. The predicted molar refractivity (Wildman–Crippen MR) is 104 cm³/mol. The lowest BCUT2D eigenvalue weighted by molar-refractivity contribution is -0.112. The predicted octanol–water partition coefficient (Wildman–Crippen LogP) is 4.51. The fourth-order valence-corrected chi connectivity index (χ4v) is 2.55. The van der Waals surface area contributed by atoms with E-state index in [4.69, 9.17) is 22.8 Å².